The van der Waals surface area contributed by atoms with Crippen LogP contribution in [0.5, 0.6) is 0 Å². The average Bonchev–Trinajstić information content (AvgIpc) is 2.82. The number of rotatable bonds is 2. The van der Waals surface area contributed by atoms with Crippen molar-refractivity contribution in [2.24, 2.45) is 0 Å². The van der Waals surface area contributed by atoms with Crippen molar-refractivity contribution in [1.29, 1.82) is 0 Å². The third-order valence-electron chi connectivity index (χ3n) is 2.97. The van der Waals surface area contributed by atoms with Crippen molar-refractivity contribution in [3.63, 3.8) is 0 Å². The highest BCUT2D eigenvalue weighted by atomic mass is 32.2. The molecule has 0 aromatic carbocycles. The fraction of sp³-hybridized carbons (Fsp3) is 0.500. The number of nitrogens with zero attached hydrogens (tertiary/aromatic N) is 1. The molecule has 1 aromatic heterocycles. The zero-order valence-corrected chi connectivity index (χ0v) is 11.1. The smallest absolute Gasteiger partial charge is 0.266 e. The van der Waals surface area contributed by atoms with Crippen LogP contribution in [0.15, 0.2) is 11.4 Å². The Morgan fingerprint density at radius 1 is 1.59 bits per heavy atom. The van der Waals surface area contributed by atoms with E-state index in [2.05, 4.69) is 0 Å². The summed E-state index contributed by atoms with van der Waals surface area (Å²) < 4.78 is 22.7. The van der Waals surface area contributed by atoms with E-state index in [0.717, 1.165) is 0 Å². The lowest BCUT2D eigenvalue weighted by molar-refractivity contribution is 0.0753. The van der Waals surface area contributed by atoms with Crippen LogP contribution in [0.3, 0.4) is 0 Å². The van der Waals surface area contributed by atoms with Gasteiger partial charge in [-0.15, -0.1) is 11.3 Å². The molecule has 1 atom stereocenters. The highest BCUT2D eigenvalue weighted by Crippen LogP contribution is 2.24. The predicted octanol–water partition coefficient (Wildman–Crippen LogP) is 0.589. The van der Waals surface area contributed by atoms with E-state index in [0.29, 0.717) is 17.0 Å². The second-order valence-electron chi connectivity index (χ2n) is 4.18. The minimum Gasteiger partial charge on any atom is -0.397 e. The molecule has 1 aliphatic heterocycles. The average molecular weight is 274 g/mol. The maximum absolute atomic E-state index is 12.1. The summed E-state index contributed by atoms with van der Waals surface area (Å²) in [5.41, 5.74) is 6.13. The molecule has 0 saturated carbocycles. The number of nitrogens with two attached hydrogens (primary N) is 1. The number of hydrogen-bond acceptors (Lipinski definition) is 5. The quantitative estimate of drug-likeness (QED) is 0.856. The van der Waals surface area contributed by atoms with Crippen LogP contribution < -0.4 is 5.73 Å². The van der Waals surface area contributed by atoms with Gasteiger partial charge >= 0.3 is 0 Å². The van der Waals surface area contributed by atoms with Crippen LogP contribution in [0.1, 0.15) is 16.1 Å². The lowest BCUT2D eigenvalue weighted by atomic mass is 10.2. The molecule has 2 heterocycles. The molecule has 1 amide bonds. The second kappa shape index (κ2) is 4.30. The van der Waals surface area contributed by atoms with Crippen molar-refractivity contribution in [1.82, 2.24) is 4.90 Å². The van der Waals surface area contributed by atoms with Crippen LogP contribution in [0.25, 0.3) is 0 Å². The highest BCUT2D eigenvalue weighted by molar-refractivity contribution is 7.91. The molecule has 7 heteroatoms. The molecule has 0 spiro atoms. The summed E-state index contributed by atoms with van der Waals surface area (Å²) in [7, 11) is -1.34. The fourth-order valence-corrected chi connectivity index (χ4v) is 4.47. The van der Waals surface area contributed by atoms with Crippen molar-refractivity contribution in [2.75, 3.05) is 24.3 Å². The molecule has 17 heavy (non-hydrogen) atoms. The molecule has 1 unspecified atom stereocenters. The molecule has 1 saturated heterocycles. The minimum atomic E-state index is -2.97. The lowest BCUT2D eigenvalue weighted by Crippen LogP contribution is -2.37. The molecule has 1 aromatic rings. The van der Waals surface area contributed by atoms with Gasteiger partial charge in [0.15, 0.2) is 9.84 Å². The minimum absolute atomic E-state index is 0.0561. The normalized spacial score (nSPS) is 22.5. The summed E-state index contributed by atoms with van der Waals surface area (Å²) in [5.74, 6) is 0.0232. The Labute approximate surface area is 104 Å². The molecule has 1 aliphatic rings. The molecule has 0 radical (unpaired) electrons. The summed E-state index contributed by atoms with van der Waals surface area (Å²) in [6.07, 6.45) is 0.510. The third-order valence-corrected chi connectivity index (χ3v) is 5.63. The van der Waals surface area contributed by atoms with Crippen molar-refractivity contribution in [3.8, 4) is 0 Å². The van der Waals surface area contributed by atoms with E-state index >= 15 is 0 Å². The van der Waals surface area contributed by atoms with Crippen LogP contribution in [-0.2, 0) is 9.84 Å². The van der Waals surface area contributed by atoms with Gasteiger partial charge in [-0.1, -0.05) is 0 Å². The van der Waals surface area contributed by atoms with Gasteiger partial charge in [0.1, 0.15) is 4.88 Å². The van der Waals surface area contributed by atoms with E-state index in [4.69, 9.17) is 5.73 Å². The Bertz CT molecular complexity index is 536. The molecular formula is C10H14N2O3S2. The van der Waals surface area contributed by atoms with Crippen molar-refractivity contribution in [3.05, 3.63) is 16.3 Å². The number of carbonyl (C=O) groups is 1. The summed E-state index contributed by atoms with van der Waals surface area (Å²) in [4.78, 5) is 14.1. The number of carbonyl (C=O) groups excluding carboxylic acids is 1. The van der Waals surface area contributed by atoms with Crippen LogP contribution in [0.2, 0.25) is 0 Å². The summed E-state index contributed by atoms with van der Waals surface area (Å²) in [6, 6.07) is 1.45. The molecule has 94 valence electrons. The maximum Gasteiger partial charge on any atom is 0.266 e. The Morgan fingerprint density at radius 3 is 2.76 bits per heavy atom. The fourth-order valence-electron chi connectivity index (χ4n) is 1.90. The molecule has 0 bridgehead atoms. The molecule has 2 rings (SSSR count). The van der Waals surface area contributed by atoms with E-state index in [-0.39, 0.29) is 23.5 Å². The first kappa shape index (κ1) is 12.4. The topological polar surface area (TPSA) is 80.5 Å². The van der Waals surface area contributed by atoms with Gasteiger partial charge in [-0.2, -0.15) is 0 Å². The van der Waals surface area contributed by atoms with Gasteiger partial charge in [0.05, 0.1) is 17.2 Å². The summed E-state index contributed by atoms with van der Waals surface area (Å²) in [5, 5.41) is 1.75. The molecule has 2 N–H and O–H groups in total. The Hall–Kier alpha value is -1.08. The van der Waals surface area contributed by atoms with Gasteiger partial charge in [-0.25, -0.2) is 8.42 Å². The van der Waals surface area contributed by atoms with E-state index < -0.39 is 9.84 Å². The maximum atomic E-state index is 12.1. The monoisotopic (exact) mass is 274 g/mol. The van der Waals surface area contributed by atoms with E-state index in [9.17, 15) is 13.2 Å². The Morgan fingerprint density at radius 2 is 2.29 bits per heavy atom. The number of hydrogen-bond donors (Lipinski definition) is 1. The van der Waals surface area contributed by atoms with Crippen LogP contribution in [-0.4, -0.2) is 43.8 Å². The third kappa shape index (κ3) is 2.44. The van der Waals surface area contributed by atoms with Crippen LogP contribution in [0, 0.1) is 0 Å². The standard InChI is InChI=1S/C10H14N2O3S2/c1-12(7-3-5-17(14,15)6-7)10(13)9-8(11)2-4-16-9/h2,4,7H,3,5-6,11H2,1H3. The first-order valence-electron chi connectivity index (χ1n) is 5.21. The lowest BCUT2D eigenvalue weighted by Gasteiger charge is -2.22. The van der Waals surface area contributed by atoms with Gasteiger partial charge in [0, 0.05) is 13.1 Å². The van der Waals surface area contributed by atoms with Crippen LogP contribution >= 0.6 is 11.3 Å². The zero-order valence-electron chi connectivity index (χ0n) is 9.42. The first-order valence-corrected chi connectivity index (χ1v) is 7.91. The highest BCUT2D eigenvalue weighted by Gasteiger charge is 2.33. The number of thiophene rings is 1. The number of amides is 1. The second-order valence-corrected chi connectivity index (χ2v) is 7.32. The number of sulfone groups is 1. The molecular weight excluding hydrogens is 260 g/mol. The summed E-state index contributed by atoms with van der Waals surface area (Å²) >= 11 is 1.28. The van der Waals surface area contributed by atoms with Gasteiger partial charge < -0.3 is 10.6 Å². The Balaban J connectivity index is 2.14. The van der Waals surface area contributed by atoms with Crippen LogP contribution in [0.4, 0.5) is 5.69 Å². The van der Waals surface area contributed by atoms with Gasteiger partial charge in [-0.05, 0) is 17.9 Å². The Kier molecular flexibility index (Phi) is 3.13. The molecule has 0 aliphatic carbocycles. The number of nitrogen functional groups attached to an aromatic ring is 1. The van der Waals surface area contributed by atoms with Crippen molar-refractivity contribution < 1.29 is 13.2 Å². The predicted molar refractivity (Wildman–Crippen MR) is 67.9 cm³/mol. The van der Waals surface area contributed by atoms with Crippen molar-refractivity contribution >= 4 is 32.8 Å². The van der Waals surface area contributed by atoms with E-state index in [1.54, 1.807) is 18.5 Å². The largest absolute Gasteiger partial charge is 0.397 e. The van der Waals surface area contributed by atoms with E-state index in [1.165, 1.54) is 16.2 Å². The van der Waals surface area contributed by atoms with Gasteiger partial charge in [0.25, 0.3) is 5.91 Å². The number of anilines is 1. The van der Waals surface area contributed by atoms with Gasteiger partial charge in [-0.3, -0.25) is 4.79 Å². The van der Waals surface area contributed by atoms with Gasteiger partial charge in [0.2, 0.25) is 0 Å². The molecule has 5 nitrogen and oxygen atoms in total. The SMILES string of the molecule is CN(C(=O)c1sccc1N)C1CCS(=O)(=O)C1. The molecule has 1 fully saturated rings. The first-order chi connectivity index (χ1) is 7.91. The van der Waals surface area contributed by atoms with E-state index in [1.807, 2.05) is 0 Å². The van der Waals surface area contributed by atoms with Crippen molar-refractivity contribution in [2.45, 2.75) is 12.5 Å². The summed E-state index contributed by atoms with van der Waals surface area (Å²) in [6.45, 7) is 0. The zero-order chi connectivity index (χ0) is 12.6.